The third-order valence-electron chi connectivity index (χ3n) is 4.26. The van der Waals surface area contributed by atoms with Crippen LogP contribution in [0, 0.1) is 24.4 Å². The number of rotatable bonds is 5. The maximum absolute atomic E-state index is 14.5. The molecule has 0 spiro atoms. The molecular weight excluding hydrogens is 419 g/mol. The molecule has 30 heavy (non-hydrogen) atoms. The van der Waals surface area contributed by atoms with Gasteiger partial charge < -0.3 is 10.5 Å². The molecule has 0 bridgehead atoms. The fourth-order valence-corrected chi connectivity index (χ4v) is 3.47. The van der Waals surface area contributed by atoms with Crippen LogP contribution < -0.4 is 16.2 Å². The van der Waals surface area contributed by atoms with Crippen molar-refractivity contribution >= 4 is 16.5 Å². The van der Waals surface area contributed by atoms with Crippen molar-refractivity contribution < 1.29 is 17.9 Å². The Hall–Kier alpha value is -3.60. The summed E-state index contributed by atoms with van der Waals surface area (Å²) in [6.07, 6.45) is 1.12. The Labute approximate surface area is 171 Å². The zero-order valence-corrected chi connectivity index (χ0v) is 16.3. The quantitative estimate of drug-likeness (QED) is 0.519. The fourth-order valence-electron chi connectivity index (χ4n) is 2.78. The number of nitrogens with two attached hydrogens (primary N) is 1. The zero-order valence-electron chi connectivity index (χ0n) is 15.5. The predicted octanol–water partition coefficient (Wildman–Crippen LogP) is 3.64. The van der Waals surface area contributed by atoms with Gasteiger partial charge in [0.05, 0.1) is 17.9 Å². The number of nitrogen functional groups attached to an aromatic ring is 1. The van der Waals surface area contributed by atoms with Crippen LogP contribution in [0.1, 0.15) is 11.3 Å². The van der Waals surface area contributed by atoms with Crippen LogP contribution in [0.4, 0.5) is 18.3 Å². The van der Waals surface area contributed by atoms with Crippen LogP contribution in [0.15, 0.2) is 47.5 Å². The Morgan fingerprint density at radius 3 is 2.50 bits per heavy atom. The predicted molar refractivity (Wildman–Crippen MR) is 105 cm³/mol. The van der Waals surface area contributed by atoms with E-state index in [0.717, 1.165) is 45.1 Å². The van der Waals surface area contributed by atoms with Gasteiger partial charge in [0.1, 0.15) is 18.0 Å². The largest absolute Gasteiger partial charge is 0.442 e. The minimum atomic E-state index is -0.777. The SMILES string of the molecule is Cc1nc(N)sc1Oc1ccc(-n2ncn(Cc3c(F)cccc3F)c2=O)cc1F. The second-order valence-corrected chi connectivity index (χ2v) is 7.29. The van der Waals surface area contributed by atoms with E-state index in [4.69, 9.17) is 10.5 Å². The van der Waals surface area contributed by atoms with E-state index in [9.17, 15) is 18.0 Å². The molecule has 0 fully saturated rings. The van der Waals surface area contributed by atoms with Crippen molar-refractivity contribution in [1.29, 1.82) is 0 Å². The Morgan fingerprint density at radius 1 is 1.13 bits per heavy atom. The highest BCUT2D eigenvalue weighted by Crippen LogP contribution is 2.34. The van der Waals surface area contributed by atoms with E-state index < -0.39 is 23.1 Å². The molecule has 11 heteroatoms. The van der Waals surface area contributed by atoms with Crippen molar-refractivity contribution in [2.75, 3.05) is 5.73 Å². The normalized spacial score (nSPS) is 11.1. The highest BCUT2D eigenvalue weighted by atomic mass is 32.1. The Kier molecular flexibility index (Phi) is 5.04. The molecule has 7 nitrogen and oxygen atoms in total. The first-order valence-corrected chi connectivity index (χ1v) is 9.43. The molecule has 4 aromatic rings. The molecule has 2 heterocycles. The first-order valence-electron chi connectivity index (χ1n) is 8.61. The monoisotopic (exact) mass is 433 g/mol. The molecule has 0 atom stereocenters. The minimum Gasteiger partial charge on any atom is -0.442 e. The average Bonchev–Trinajstić information content (AvgIpc) is 3.21. The van der Waals surface area contributed by atoms with Crippen molar-refractivity contribution in [2.45, 2.75) is 13.5 Å². The molecule has 0 aliphatic rings. The molecule has 0 saturated carbocycles. The van der Waals surface area contributed by atoms with Crippen LogP contribution in [0.2, 0.25) is 0 Å². The number of hydrogen-bond acceptors (Lipinski definition) is 6. The van der Waals surface area contributed by atoms with Gasteiger partial charge in [0.2, 0.25) is 5.06 Å². The molecule has 2 N–H and O–H groups in total. The molecular formula is C19H14F3N5O2S. The average molecular weight is 433 g/mol. The van der Waals surface area contributed by atoms with Gasteiger partial charge in [-0.3, -0.25) is 4.57 Å². The lowest BCUT2D eigenvalue weighted by atomic mass is 10.2. The molecule has 0 saturated heterocycles. The molecule has 2 aromatic heterocycles. The third-order valence-corrected chi connectivity index (χ3v) is 5.12. The van der Waals surface area contributed by atoms with Crippen LogP contribution in [0.5, 0.6) is 10.8 Å². The number of benzene rings is 2. The molecule has 154 valence electrons. The molecule has 0 aliphatic carbocycles. The molecule has 2 aromatic carbocycles. The first-order chi connectivity index (χ1) is 14.3. The summed E-state index contributed by atoms with van der Waals surface area (Å²) in [6, 6.07) is 7.26. The zero-order chi connectivity index (χ0) is 21.4. The Bertz CT molecular complexity index is 1280. The molecule has 0 aliphatic heterocycles. The van der Waals surface area contributed by atoms with E-state index >= 15 is 0 Å². The van der Waals surface area contributed by atoms with E-state index in [2.05, 4.69) is 10.1 Å². The molecule has 0 unspecified atom stereocenters. The number of halogens is 3. The van der Waals surface area contributed by atoms with Crippen molar-refractivity contribution in [3.05, 3.63) is 81.9 Å². The van der Waals surface area contributed by atoms with Crippen LogP contribution in [0.25, 0.3) is 5.69 Å². The maximum Gasteiger partial charge on any atom is 0.350 e. The number of nitrogens with zero attached hydrogens (tertiary/aromatic N) is 4. The van der Waals surface area contributed by atoms with Gasteiger partial charge in [-0.2, -0.15) is 9.78 Å². The smallest absolute Gasteiger partial charge is 0.350 e. The number of anilines is 1. The number of aromatic nitrogens is 4. The topological polar surface area (TPSA) is 88.0 Å². The van der Waals surface area contributed by atoms with Gasteiger partial charge in [0.25, 0.3) is 0 Å². The first kappa shape index (κ1) is 19.7. The molecule has 4 rings (SSSR count). The van der Waals surface area contributed by atoms with Gasteiger partial charge in [0, 0.05) is 11.6 Å². The van der Waals surface area contributed by atoms with Crippen molar-refractivity contribution in [2.24, 2.45) is 0 Å². The van der Waals surface area contributed by atoms with E-state index in [-0.39, 0.29) is 23.5 Å². The van der Waals surface area contributed by atoms with E-state index in [0.29, 0.717) is 15.9 Å². The van der Waals surface area contributed by atoms with E-state index in [1.165, 1.54) is 18.2 Å². The second-order valence-electron chi connectivity index (χ2n) is 6.30. The number of aryl methyl sites for hydroxylation is 1. The number of thiazole rings is 1. The van der Waals surface area contributed by atoms with Crippen molar-refractivity contribution in [3.63, 3.8) is 0 Å². The lowest BCUT2D eigenvalue weighted by Crippen LogP contribution is -2.24. The lowest BCUT2D eigenvalue weighted by Gasteiger charge is -2.07. The summed E-state index contributed by atoms with van der Waals surface area (Å²) in [6.45, 7) is 1.33. The minimum absolute atomic E-state index is 0.0774. The summed E-state index contributed by atoms with van der Waals surface area (Å²) >= 11 is 1.07. The van der Waals surface area contributed by atoms with Crippen molar-refractivity contribution in [1.82, 2.24) is 19.3 Å². The summed E-state index contributed by atoms with van der Waals surface area (Å²) in [4.78, 5) is 16.6. The molecule has 0 radical (unpaired) electrons. The van der Waals surface area contributed by atoms with Gasteiger partial charge in [-0.25, -0.2) is 22.9 Å². The lowest BCUT2D eigenvalue weighted by molar-refractivity contribution is 0.448. The van der Waals surface area contributed by atoms with Crippen LogP contribution in [0.3, 0.4) is 0 Å². The number of hydrogen-bond donors (Lipinski definition) is 1. The van der Waals surface area contributed by atoms with Crippen LogP contribution in [-0.4, -0.2) is 19.3 Å². The summed E-state index contributed by atoms with van der Waals surface area (Å²) in [5, 5.41) is 4.55. The van der Waals surface area contributed by atoms with Crippen LogP contribution in [-0.2, 0) is 6.54 Å². The maximum atomic E-state index is 14.5. The third kappa shape index (κ3) is 3.66. The van der Waals surface area contributed by atoms with Gasteiger partial charge in [0.15, 0.2) is 16.7 Å². The highest BCUT2D eigenvalue weighted by molar-refractivity contribution is 7.17. The van der Waals surface area contributed by atoms with Gasteiger partial charge in [-0.1, -0.05) is 17.4 Å². The fraction of sp³-hybridized carbons (Fsp3) is 0.105. The van der Waals surface area contributed by atoms with E-state index in [1.807, 2.05) is 0 Å². The van der Waals surface area contributed by atoms with Gasteiger partial charge in [-0.05, 0) is 31.2 Å². The molecule has 0 amide bonds. The highest BCUT2D eigenvalue weighted by Gasteiger charge is 2.16. The second kappa shape index (κ2) is 7.67. The summed E-state index contributed by atoms with van der Waals surface area (Å²) in [5.74, 6) is -2.37. The van der Waals surface area contributed by atoms with Gasteiger partial charge >= 0.3 is 5.69 Å². The Balaban J connectivity index is 1.61. The van der Waals surface area contributed by atoms with Crippen LogP contribution >= 0.6 is 11.3 Å². The van der Waals surface area contributed by atoms with Crippen molar-refractivity contribution in [3.8, 4) is 16.5 Å². The van der Waals surface area contributed by atoms with E-state index in [1.54, 1.807) is 6.92 Å². The summed E-state index contributed by atoms with van der Waals surface area (Å²) < 4.78 is 49.7. The summed E-state index contributed by atoms with van der Waals surface area (Å²) in [5.41, 5.74) is 5.30. The number of ether oxygens (including phenoxy) is 1. The Morgan fingerprint density at radius 2 is 1.87 bits per heavy atom. The van der Waals surface area contributed by atoms with Gasteiger partial charge in [-0.15, -0.1) is 0 Å². The standard InChI is InChI=1S/C19H14F3N5O2S/c1-10-17(30-18(23)25-10)29-16-6-5-11(7-15(16)22)27-19(28)26(9-24-27)8-12-13(20)3-2-4-14(12)21/h2-7,9H,8H2,1H3,(H2,23,25). The summed E-state index contributed by atoms with van der Waals surface area (Å²) in [7, 11) is 0.